The average Bonchev–Trinajstić information content (AvgIpc) is 3.25. The number of aromatic nitrogens is 4. The molecule has 2 heterocycles. The molecule has 0 saturated heterocycles. The fourth-order valence-electron chi connectivity index (χ4n) is 2.29. The second kappa shape index (κ2) is 11.3. The molecule has 23 heavy (non-hydrogen) atoms. The number of rotatable bonds is 12. The van der Waals surface area contributed by atoms with Crippen molar-refractivity contribution in [1.29, 1.82) is 0 Å². The van der Waals surface area contributed by atoms with Gasteiger partial charge in [0.05, 0.1) is 11.4 Å². The van der Waals surface area contributed by atoms with Gasteiger partial charge in [0.1, 0.15) is 0 Å². The van der Waals surface area contributed by atoms with E-state index >= 15 is 0 Å². The van der Waals surface area contributed by atoms with Crippen LogP contribution >= 0.6 is 0 Å². The van der Waals surface area contributed by atoms with Gasteiger partial charge in [0.2, 0.25) is 0 Å². The second-order valence-electron chi connectivity index (χ2n) is 5.57. The van der Waals surface area contributed by atoms with Gasteiger partial charge in [0.15, 0.2) is 0 Å². The maximum atomic E-state index is 4.38. The van der Waals surface area contributed by atoms with Crippen molar-refractivity contribution in [3.63, 3.8) is 0 Å². The molecule has 124 valence electrons. The SMILES string of the molecule is C(=NCCCCCCCCCN=Cc1ccn[nH]1)c1ccn[nH]1. The summed E-state index contributed by atoms with van der Waals surface area (Å²) in [7, 11) is 0. The number of aromatic amines is 2. The zero-order valence-electron chi connectivity index (χ0n) is 13.6. The van der Waals surface area contributed by atoms with E-state index in [1.165, 1.54) is 44.9 Å². The first-order valence-electron chi connectivity index (χ1n) is 8.43. The van der Waals surface area contributed by atoms with Gasteiger partial charge in [-0.25, -0.2) is 0 Å². The minimum absolute atomic E-state index is 0.904. The zero-order chi connectivity index (χ0) is 16.0. The van der Waals surface area contributed by atoms with Crippen LogP contribution < -0.4 is 0 Å². The molecule has 0 fully saturated rings. The number of unbranched alkanes of at least 4 members (excludes halogenated alkanes) is 6. The van der Waals surface area contributed by atoms with Crippen LogP contribution in [0.2, 0.25) is 0 Å². The molecule has 0 saturated carbocycles. The number of hydrogen-bond acceptors (Lipinski definition) is 4. The zero-order valence-corrected chi connectivity index (χ0v) is 13.6. The minimum Gasteiger partial charge on any atom is -0.291 e. The molecule has 6 nitrogen and oxygen atoms in total. The smallest absolute Gasteiger partial charge is 0.0756 e. The highest BCUT2D eigenvalue weighted by molar-refractivity contribution is 5.76. The summed E-state index contributed by atoms with van der Waals surface area (Å²) < 4.78 is 0. The van der Waals surface area contributed by atoms with E-state index < -0.39 is 0 Å². The average molecular weight is 314 g/mol. The molecular weight excluding hydrogens is 288 g/mol. The Balaban J connectivity index is 1.34. The molecule has 6 heteroatoms. The summed E-state index contributed by atoms with van der Waals surface area (Å²) in [6.45, 7) is 1.81. The summed E-state index contributed by atoms with van der Waals surface area (Å²) in [5.74, 6) is 0. The summed E-state index contributed by atoms with van der Waals surface area (Å²) in [5, 5.41) is 13.5. The van der Waals surface area contributed by atoms with Crippen LogP contribution in [-0.2, 0) is 0 Å². The Kier molecular flexibility index (Phi) is 8.44. The molecule has 2 aromatic heterocycles. The highest BCUT2D eigenvalue weighted by atomic mass is 15.1. The van der Waals surface area contributed by atoms with Crippen molar-refractivity contribution >= 4 is 12.4 Å². The van der Waals surface area contributed by atoms with Crippen molar-refractivity contribution < 1.29 is 0 Å². The van der Waals surface area contributed by atoms with Crippen LogP contribution in [0.15, 0.2) is 34.5 Å². The monoisotopic (exact) mass is 314 g/mol. The second-order valence-corrected chi connectivity index (χ2v) is 5.57. The number of nitrogens with zero attached hydrogens (tertiary/aromatic N) is 4. The maximum absolute atomic E-state index is 4.38. The normalized spacial score (nSPS) is 11.8. The molecule has 0 radical (unpaired) electrons. The molecule has 0 aromatic carbocycles. The molecular formula is C17H26N6. The topological polar surface area (TPSA) is 82.1 Å². The van der Waals surface area contributed by atoms with Gasteiger partial charge < -0.3 is 0 Å². The summed E-state index contributed by atoms with van der Waals surface area (Å²) in [6, 6.07) is 3.84. The quantitative estimate of drug-likeness (QED) is 0.465. The fourth-order valence-corrected chi connectivity index (χ4v) is 2.29. The first kappa shape index (κ1) is 17.1. The molecule has 0 amide bonds. The fraction of sp³-hybridized carbons (Fsp3) is 0.529. The lowest BCUT2D eigenvalue weighted by Crippen LogP contribution is -1.88. The number of aliphatic imine (C=N–C) groups is 2. The molecule has 0 unspecified atom stereocenters. The minimum atomic E-state index is 0.904. The van der Waals surface area contributed by atoms with Crippen LogP contribution in [0.1, 0.15) is 56.3 Å². The lowest BCUT2D eigenvalue weighted by atomic mass is 10.1. The predicted molar refractivity (Wildman–Crippen MR) is 94.4 cm³/mol. The lowest BCUT2D eigenvalue weighted by Gasteiger charge is -2.00. The summed E-state index contributed by atoms with van der Waals surface area (Å²) in [4.78, 5) is 8.77. The number of H-pyrrole nitrogens is 2. The molecule has 0 aliphatic heterocycles. The third-order valence-corrected chi connectivity index (χ3v) is 3.58. The third-order valence-electron chi connectivity index (χ3n) is 3.58. The molecule has 2 rings (SSSR count). The number of hydrogen-bond donors (Lipinski definition) is 2. The molecule has 2 N–H and O–H groups in total. The van der Waals surface area contributed by atoms with Crippen molar-refractivity contribution in [3.8, 4) is 0 Å². The van der Waals surface area contributed by atoms with E-state index in [0.717, 1.165) is 24.5 Å². The van der Waals surface area contributed by atoms with E-state index in [0.29, 0.717) is 0 Å². The van der Waals surface area contributed by atoms with Crippen LogP contribution in [0.5, 0.6) is 0 Å². The first-order valence-corrected chi connectivity index (χ1v) is 8.43. The molecule has 0 atom stereocenters. The Hall–Kier alpha value is -2.24. The van der Waals surface area contributed by atoms with Crippen LogP contribution in [0.4, 0.5) is 0 Å². The molecule has 0 aliphatic carbocycles. The van der Waals surface area contributed by atoms with Crippen LogP contribution in [0.25, 0.3) is 0 Å². The third kappa shape index (κ3) is 8.09. The van der Waals surface area contributed by atoms with Gasteiger partial charge in [0.25, 0.3) is 0 Å². The highest BCUT2D eigenvalue weighted by Crippen LogP contribution is 2.07. The van der Waals surface area contributed by atoms with Crippen LogP contribution in [-0.4, -0.2) is 45.9 Å². The van der Waals surface area contributed by atoms with Crippen LogP contribution in [0.3, 0.4) is 0 Å². The van der Waals surface area contributed by atoms with Gasteiger partial charge in [-0.1, -0.05) is 32.1 Å². The predicted octanol–water partition coefficient (Wildman–Crippen LogP) is 3.40. The highest BCUT2D eigenvalue weighted by Gasteiger charge is 1.92. The molecule has 2 aromatic rings. The Morgan fingerprint density at radius 1 is 0.696 bits per heavy atom. The van der Waals surface area contributed by atoms with E-state index in [1.54, 1.807) is 12.4 Å². The van der Waals surface area contributed by atoms with Gasteiger partial charge in [-0.3, -0.25) is 20.2 Å². The van der Waals surface area contributed by atoms with Crippen molar-refractivity contribution in [2.45, 2.75) is 44.9 Å². The van der Waals surface area contributed by atoms with Gasteiger partial charge in [-0.15, -0.1) is 0 Å². The van der Waals surface area contributed by atoms with Gasteiger partial charge in [-0.05, 0) is 25.0 Å². The summed E-state index contributed by atoms with van der Waals surface area (Å²) >= 11 is 0. The van der Waals surface area contributed by atoms with Gasteiger partial charge in [-0.2, -0.15) is 10.2 Å². The van der Waals surface area contributed by atoms with Crippen molar-refractivity contribution in [1.82, 2.24) is 20.4 Å². The van der Waals surface area contributed by atoms with Crippen molar-refractivity contribution in [2.24, 2.45) is 9.98 Å². The molecule has 0 bridgehead atoms. The van der Waals surface area contributed by atoms with Crippen LogP contribution in [0, 0.1) is 0 Å². The maximum Gasteiger partial charge on any atom is 0.0756 e. The van der Waals surface area contributed by atoms with Crippen molar-refractivity contribution in [3.05, 3.63) is 35.9 Å². The summed E-state index contributed by atoms with van der Waals surface area (Å²) in [5.41, 5.74) is 1.94. The Morgan fingerprint density at radius 2 is 1.13 bits per heavy atom. The van der Waals surface area contributed by atoms with E-state index in [2.05, 4.69) is 30.4 Å². The van der Waals surface area contributed by atoms with E-state index in [9.17, 15) is 0 Å². The Labute approximate surface area is 137 Å². The van der Waals surface area contributed by atoms with E-state index in [4.69, 9.17) is 0 Å². The standard InChI is InChI=1S/C17H26N6/c1(2-4-6-10-18-14-16-8-12-20-22-16)3-5-7-11-19-15-17-9-13-21-23-17/h8-9,12-15H,1-7,10-11H2,(H,20,22)(H,21,23). The summed E-state index contributed by atoms with van der Waals surface area (Å²) in [6.07, 6.45) is 16.0. The Morgan fingerprint density at radius 3 is 1.52 bits per heavy atom. The lowest BCUT2D eigenvalue weighted by molar-refractivity contribution is 0.586. The first-order chi connectivity index (χ1) is 11.4. The van der Waals surface area contributed by atoms with Gasteiger partial charge in [0, 0.05) is 37.9 Å². The van der Waals surface area contributed by atoms with Crippen molar-refractivity contribution in [2.75, 3.05) is 13.1 Å². The Bertz CT molecular complexity index is 491. The number of nitrogens with one attached hydrogen (secondary N) is 2. The molecule has 0 aliphatic rings. The van der Waals surface area contributed by atoms with Gasteiger partial charge >= 0.3 is 0 Å². The molecule has 0 spiro atoms. The van der Waals surface area contributed by atoms with E-state index in [1.807, 2.05) is 24.6 Å². The van der Waals surface area contributed by atoms with E-state index in [-0.39, 0.29) is 0 Å². The largest absolute Gasteiger partial charge is 0.291 e.